The third-order valence-electron chi connectivity index (χ3n) is 3.07. The van der Waals surface area contributed by atoms with Gasteiger partial charge in [0.2, 0.25) is 5.91 Å². The molecule has 0 bridgehead atoms. The van der Waals surface area contributed by atoms with E-state index in [-0.39, 0.29) is 11.9 Å². The first kappa shape index (κ1) is 13.4. The third kappa shape index (κ3) is 3.43. The summed E-state index contributed by atoms with van der Waals surface area (Å²) in [5, 5.41) is 0. The molecule has 0 aromatic rings. The maximum absolute atomic E-state index is 11.7. The lowest BCUT2D eigenvalue weighted by molar-refractivity contribution is -0.130. The number of hydrogen-bond donors (Lipinski definition) is 1. The summed E-state index contributed by atoms with van der Waals surface area (Å²) in [4.78, 5) is 15.6. The summed E-state index contributed by atoms with van der Waals surface area (Å²) in [6.45, 7) is 4.96. The van der Waals surface area contributed by atoms with E-state index in [1.165, 1.54) is 0 Å². The fourth-order valence-electron chi connectivity index (χ4n) is 2.00. The van der Waals surface area contributed by atoms with E-state index in [9.17, 15) is 4.79 Å². The summed E-state index contributed by atoms with van der Waals surface area (Å²) in [7, 11) is 3.55. The molecule has 16 heavy (non-hydrogen) atoms. The van der Waals surface area contributed by atoms with Crippen LogP contribution < -0.4 is 5.73 Å². The van der Waals surface area contributed by atoms with Crippen molar-refractivity contribution in [1.82, 2.24) is 9.80 Å². The van der Waals surface area contributed by atoms with Crippen molar-refractivity contribution in [1.29, 1.82) is 0 Å². The summed E-state index contributed by atoms with van der Waals surface area (Å²) >= 11 is 0. The second-order valence-corrected chi connectivity index (χ2v) is 4.54. The van der Waals surface area contributed by atoms with E-state index < -0.39 is 0 Å². The average Bonchev–Trinajstić information content (AvgIpc) is 2.26. The molecule has 5 heteroatoms. The average molecular weight is 229 g/mol. The molecular weight excluding hydrogens is 206 g/mol. The molecule has 2 atom stereocenters. The van der Waals surface area contributed by atoms with Gasteiger partial charge in [-0.3, -0.25) is 9.69 Å². The van der Waals surface area contributed by atoms with Crippen molar-refractivity contribution in [3.05, 3.63) is 0 Å². The van der Waals surface area contributed by atoms with E-state index in [1.807, 2.05) is 0 Å². The quantitative estimate of drug-likeness (QED) is 0.707. The highest BCUT2D eigenvalue weighted by Crippen LogP contribution is 2.13. The summed E-state index contributed by atoms with van der Waals surface area (Å²) in [6, 6.07) is 0.478. The van der Waals surface area contributed by atoms with Gasteiger partial charge in [-0.2, -0.15) is 0 Å². The van der Waals surface area contributed by atoms with Gasteiger partial charge in [-0.25, -0.2) is 0 Å². The Morgan fingerprint density at radius 2 is 2.31 bits per heavy atom. The molecule has 1 amide bonds. The first-order chi connectivity index (χ1) is 7.56. The normalized spacial score (nSPS) is 24.1. The zero-order chi connectivity index (χ0) is 12.1. The fourth-order valence-corrected chi connectivity index (χ4v) is 2.00. The molecule has 1 fully saturated rings. The number of carbonyl (C=O) groups excluding carboxylic acids is 1. The molecule has 94 valence electrons. The van der Waals surface area contributed by atoms with Crippen LogP contribution in [0.15, 0.2) is 0 Å². The van der Waals surface area contributed by atoms with Crippen molar-refractivity contribution in [2.45, 2.75) is 25.4 Å². The van der Waals surface area contributed by atoms with Crippen molar-refractivity contribution in [3.8, 4) is 0 Å². The molecule has 5 nitrogen and oxygen atoms in total. The summed E-state index contributed by atoms with van der Waals surface area (Å²) in [5.74, 6) is 0.133. The van der Waals surface area contributed by atoms with Gasteiger partial charge in [0.25, 0.3) is 0 Å². The van der Waals surface area contributed by atoms with Crippen molar-refractivity contribution in [2.24, 2.45) is 5.73 Å². The predicted molar refractivity (Wildman–Crippen MR) is 63.1 cm³/mol. The van der Waals surface area contributed by atoms with Crippen LogP contribution in [-0.2, 0) is 9.53 Å². The van der Waals surface area contributed by atoms with Gasteiger partial charge in [0, 0.05) is 45.7 Å². The molecule has 0 aromatic heterocycles. The van der Waals surface area contributed by atoms with E-state index in [1.54, 1.807) is 19.0 Å². The Bertz CT molecular complexity index is 233. The molecule has 1 aliphatic rings. The number of carbonyl (C=O) groups is 1. The zero-order valence-electron chi connectivity index (χ0n) is 10.5. The van der Waals surface area contributed by atoms with E-state index in [2.05, 4.69) is 11.8 Å². The number of rotatable bonds is 4. The number of ether oxygens (including phenoxy) is 1. The highest BCUT2D eigenvalue weighted by atomic mass is 16.5. The molecule has 0 aromatic carbocycles. The second-order valence-electron chi connectivity index (χ2n) is 4.54. The minimum Gasteiger partial charge on any atom is -0.379 e. The Kier molecular flexibility index (Phi) is 5.18. The van der Waals surface area contributed by atoms with Crippen LogP contribution in [-0.4, -0.2) is 68.2 Å². The summed E-state index contributed by atoms with van der Waals surface area (Å²) < 4.78 is 5.38. The van der Waals surface area contributed by atoms with Crippen LogP contribution in [0.2, 0.25) is 0 Å². The summed E-state index contributed by atoms with van der Waals surface area (Å²) in [5.41, 5.74) is 5.76. The van der Waals surface area contributed by atoms with Gasteiger partial charge in [0.05, 0.1) is 13.2 Å². The topological polar surface area (TPSA) is 58.8 Å². The SMILES string of the molecule is CC1COCCN1C(CN)CC(=O)N(C)C. The van der Waals surface area contributed by atoms with Gasteiger partial charge in [-0.05, 0) is 6.92 Å². The Balaban J connectivity index is 2.55. The molecule has 0 aliphatic carbocycles. The highest BCUT2D eigenvalue weighted by molar-refractivity contribution is 5.76. The van der Waals surface area contributed by atoms with Crippen LogP contribution in [0.5, 0.6) is 0 Å². The van der Waals surface area contributed by atoms with Gasteiger partial charge in [-0.15, -0.1) is 0 Å². The first-order valence-corrected chi connectivity index (χ1v) is 5.80. The first-order valence-electron chi connectivity index (χ1n) is 5.80. The molecule has 0 saturated carbocycles. The second kappa shape index (κ2) is 6.18. The van der Waals surface area contributed by atoms with Crippen LogP contribution in [0, 0.1) is 0 Å². The largest absolute Gasteiger partial charge is 0.379 e. The lowest BCUT2D eigenvalue weighted by Crippen LogP contribution is -2.53. The van der Waals surface area contributed by atoms with Gasteiger partial charge < -0.3 is 15.4 Å². The van der Waals surface area contributed by atoms with Crippen LogP contribution in [0.3, 0.4) is 0 Å². The van der Waals surface area contributed by atoms with Crippen LogP contribution in [0.4, 0.5) is 0 Å². The molecule has 0 spiro atoms. The zero-order valence-corrected chi connectivity index (χ0v) is 10.5. The van der Waals surface area contributed by atoms with Crippen molar-refractivity contribution in [3.63, 3.8) is 0 Å². The van der Waals surface area contributed by atoms with Gasteiger partial charge in [-0.1, -0.05) is 0 Å². The van der Waals surface area contributed by atoms with Crippen molar-refractivity contribution < 1.29 is 9.53 Å². The maximum Gasteiger partial charge on any atom is 0.223 e. The number of nitrogens with two attached hydrogens (primary N) is 1. The minimum atomic E-state index is 0.133. The minimum absolute atomic E-state index is 0.133. The van der Waals surface area contributed by atoms with Crippen molar-refractivity contribution >= 4 is 5.91 Å². The Morgan fingerprint density at radius 1 is 1.62 bits per heavy atom. The molecule has 2 unspecified atom stereocenters. The van der Waals surface area contributed by atoms with Crippen LogP contribution >= 0.6 is 0 Å². The number of nitrogens with zero attached hydrogens (tertiary/aromatic N) is 2. The molecule has 1 heterocycles. The van der Waals surface area contributed by atoms with E-state index in [0.29, 0.717) is 19.0 Å². The molecule has 2 N–H and O–H groups in total. The predicted octanol–water partition coefficient (Wildman–Crippen LogP) is -0.487. The molecule has 0 radical (unpaired) electrons. The summed E-state index contributed by atoms with van der Waals surface area (Å²) in [6.07, 6.45) is 0.494. The highest BCUT2D eigenvalue weighted by Gasteiger charge is 2.27. The van der Waals surface area contributed by atoms with Gasteiger partial charge >= 0.3 is 0 Å². The maximum atomic E-state index is 11.7. The van der Waals surface area contributed by atoms with Crippen LogP contribution in [0.25, 0.3) is 0 Å². The number of amides is 1. The fraction of sp³-hybridized carbons (Fsp3) is 0.909. The van der Waals surface area contributed by atoms with Gasteiger partial charge in [0.1, 0.15) is 0 Å². The lowest BCUT2D eigenvalue weighted by Gasteiger charge is -2.39. The monoisotopic (exact) mass is 229 g/mol. The van der Waals surface area contributed by atoms with Crippen molar-refractivity contribution in [2.75, 3.05) is 40.4 Å². The third-order valence-corrected chi connectivity index (χ3v) is 3.07. The van der Waals surface area contributed by atoms with E-state index in [4.69, 9.17) is 10.5 Å². The standard InChI is InChI=1S/C11H23N3O2/c1-9-8-16-5-4-14(9)10(7-12)6-11(15)13(2)3/h9-10H,4-8,12H2,1-3H3. The van der Waals surface area contributed by atoms with E-state index in [0.717, 1.165) is 19.8 Å². The van der Waals surface area contributed by atoms with E-state index >= 15 is 0 Å². The number of morpholine rings is 1. The lowest BCUT2D eigenvalue weighted by atomic mass is 10.1. The Morgan fingerprint density at radius 3 is 2.81 bits per heavy atom. The number of hydrogen-bond acceptors (Lipinski definition) is 4. The Labute approximate surface area is 97.5 Å². The van der Waals surface area contributed by atoms with Gasteiger partial charge in [0.15, 0.2) is 0 Å². The molecular formula is C11H23N3O2. The molecule has 1 aliphatic heterocycles. The Hall–Kier alpha value is -0.650. The smallest absolute Gasteiger partial charge is 0.223 e. The van der Waals surface area contributed by atoms with Crippen LogP contribution in [0.1, 0.15) is 13.3 Å². The molecule has 1 rings (SSSR count). The molecule has 1 saturated heterocycles.